The fraction of sp³-hybridized carbons (Fsp3) is 0.125. The van der Waals surface area contributed by atoms with E-state index in [1.54, 1.807) is 0 Å². The fourth-order valence-electron chi connectivity index (χ4n) is 0.859. The lowest BCUT2D eigenvalue weighted by atomic mass is 10.3. The molecule has 0 saturated heterocycles. The molecule has 0 atom stereocenters. The van der Waals surface area contributed by atoms with Gasteiger partial charge in [-0.3, -0.25) is 4.72 Å². The molecule has 0 aliphatic rings. The van der Waals surface area contributed by atoms with Gasteiger partial charge in [-0.25, -0.2) is 4.79 Å². The molecule has 17 heavy (non-hydrogen) atoms. The number of rotatable bonds is 3. The van der Waals surface area contributed by atoms with Crippen LogP contribution < -0.4 is 15.2 Å². The topological polar surface area (TPSA) is 64.4 Å². The molecule has 0 heterocycles. The molecule has 3 N–H and O–H groups in total. The smallest absolute Gasteiger partial charge is 0.404 e. The summed E-state index contributed by atoms with van der Waals surface area (Å²) in [5, 5.41) is -0.189. The van der Waals surface area contributed by atoms with Gasteiger partial charge in [-0.1, -0.05) is 11.6 Å². The van der Waals surface area contributed by atoms with Crippen molar-refractivity contribution in [2.24, 2.45) is 5.73 Å². The number of amides is 2. The van der Waals surface area contributed by atoms with Gasteiger partial charge in [-0.05, 0) is 30.1 Å². The zero-order valence-electron chi connectivity index (χ0n) is 8.05. The molecule has 0 unspecified atom stereocenters. The number of benzene rings is 1. The van der Waals surface area contributed by atoms with Crippen molar-refractivity contribution in [3.05, 3.63) is 23.2 Å². The number of urea groups is 1. The predicted molar refractivity (Wildman–Crippen MR) is 56.7 cm³/mol. The third kappa shape index (κ3) is 5.05. The molecular formula is C8H6ClF3N2O2S. The highest BCUT2D eigenvalue weighted by atomic mass is 35.5. The molecule has 0 bridgehead atoms. The van der Waals surface area contributed by atoms with Gasteiger partial charge in [0.2, 0.25) is 0 Å². The van der Waals surface area contributed by atoms with Crippen molar-refractivity contribution in [3.63, 3.8) is 0 Å². The van der Waals surface area contributed by atoms with E-state index in [2.05, 4.69) is 9.46 Å². The quantitative estimate of drug-likeness (QED) is 0.840. The number of primary amides is 1. The molecule has 0 aliphatic heterocycles. The minimum atomic E-state index is -4.83. The van der Waals surface area contributed by atoms with Crippen molar-refractivity contribution < 1.29 is 22.7 Å². The number of ether oxygens (including phenoxy) is 1. The predicted octanol–water partition coefficient (Wildman–Crippen LogP) is 2.91. The lowest BCUT2D eigenvalue weighted by Crippen LogP contribution is -2.22. The van der Waals surface area contributed by atoms with Crippen LogP contribution >= 0.6 is 23.5 Å². The van der Waals surface area contributed by atoms with E-state index >= 15 is 0 Å². The Hall–Kier alpha value is -1.28. The van der Waals surface area contributed by atoms with Crippen LogP contribution in [-0.4, -0.2) is 12.4 Å². The van der Waals surface area contributed by atoms with Crippen molar-refractivity contribution in [1.29, 1.82) is 0 Å². The molecule has 1 aromatic rings. The Bertz CT molecular complexity index is 428. The maximum Gasteiger partial charge on any atom is 0.573 e. The van der Waals surface area contributed by atoms with Crippen molar-refractivity contribution in [2.75, 3.05) is 0 Å². The van der Waals surface area contributed by atoms with Crippen molar-refractivity contribution in [3.8, 4) is 5.75 Å². The van der Waals surface area contributed by atoms with Gasteiger partial charge in [-0.2, -0.15) is 0 Å². The molecule has 0 fully saturated rings. The Morgan fingerprint density at radius 2 is 2.12 bits per heavy atom. The maximum absolute atomic E-state index is 12.0. The summed E-state index contributed by atoms with van der Waals surface area (Å²) in [5.74, 6) is -0.546. The fourth-order valence-corrected chi connectivity index (χ4v) is 1.54. The monoisotopic (exact) mass is 286 g/mol. The average molecular weight is 287 g/mol. The first-order valence-electron chi connectivity index (χ1n) is 4.05. The zero-order valence-corrected chi connectivity index (χ0v) is 9.62. The summed E-state index contributed by atoms with van der Waals surface area (Å²) < 4.78 is 41.8. The Labute approximate surface area is 103 Å². The summed E-state index contributed by atoms with van der Waals surface area (Å²) in [6.45, 7) is 0. The number of carbonyl (C=O) groups excluding carboxylic acids is 1. The lowest BCUT2D eigenvalue weighted by Gasteiger charge is -2.11. The first kappa shape index (κ1) is 13.8. The third-order valence-corrected chi connectivity index (χ3v) is 2.50. The van der Waals surface area contributed by atoms with Crippen LogP contribution in [0, 0.1) is 0 Å². The van der Waals surface area contributed by atoms with Gasteiger partial charge in [0.1, 0.15) is 5.75 Å². The van der Waals surface area contributed by atoms with Gasteiger partial charge in [0.25, 0.3) is 0 Å². The second-order valence-corrected chi connectivity index (χ2v) is 4.00. The number of nitrogens with one attached hydrogen (secondary N) is 1. The Balaban J connectivity index is 2.83. The second-order valence-electron chi connectivity index (χ2n) is 2.71. The van der Waals surface area contributed by atoms with Gasteiger partial charge < -0.3 is 10.5 Å². The lowest BCUT2D eigenvalue weighted by molar-refractivity contribution is -0.274. The van der Waals surface area contributed by atoms with E-state index < -0.39 is 18.1 Å². The van der Waals surface area contributed by atoms with E-state index in [0.29, 0.717) is 4.90 Å². The number of hydrogen-bond donors (Lipinski definition) is 2. The second kappa shape index (κ2) is 5.37. The summed E-state index contributed by atoms with van der Waals surface area (Å²) in [6.07, 6.45) is -4.83. The van der Waals surface area contributed by atoms with Crippen molar-refractivity contribution in [2.45, 2.75) is 11.3 Å². The Morgan fingerprint density at radius 1 is 1.47 bits per heavy atom. The van der Waals surface area contributed by atoms with Gasteiger partial charge in [0, 0.05) is 4.90 Å². The van der Waals surface area contributed by atoms with Gasteiger partial charge in [-0.15, -0.1) is 13.2 Å². The van der Waals surface area contributed by atoms with Crippen LogP contribution in [0.1, 0.15) is 0 Å². The van der Waals surface area contributed by atoms with E-state index in [1.807, 2.05) is 0 Å². The van der Waals surface area contributed by atoms with E-state index in [4.69, 9.17) is 17.3 Å². The molecule has 1 aromatic carbocycles. The standard InChI is InChI=1S/C8H6ClF3N2O2S/c9-5-2-1-4(17-14-7(13)15)3-6(5)16-8(10,11)12/h1-3H,(H3,13,14,15). The summed E-state index contributed by atoms with van der Waals surface area (Å²) >= 11 is 6.27. The summed E-state index contributed by atoms with van der Waals surface area (Å²) in [7, 11) is 0. The first-order valence-corrected chi connectivity index (χ1v) is 5.25. The Morgan fingerprint density at radius 3 is 2.65 bits per heavy atom. The highest BCUT2D eigenvalue weighted by Gasteiger charge is 2.32. The molecule has 0 saturated carbocycles. The summed E-state index contributed by atoms with van der Waals surface area (Å²) in [5.41, 5.74) is 4.80. The molecular weight excluding hydrogens is 281 g/mol. The minimum absolute atomic E-state index is 0.189. The van der Waals surface area contributed by atoms with Gasteiger partial charge in [0.05, 0.1) is 5.02 Å². The molecule has 0 radical (unpaired) electrons. The zero-order chi connectivity index (χ0) is 13.1. The average Bonchev–Trinajstić information content (AvgIpc) is 2.17. The largest absolute Gasteiger partial charge is 0.573 e. The third-order valence-electron chi connectivity index (χ3n) is 1.40. The Kier molecular flexibility index (Phi) is 4.35. The summed E-state index contributed by atoms with van der Waals surface area (Å²) in [4.78, 5) is 10.7. The molecule has 94 valence electrons. The molecule has 0 aliphatic carbocycles. The normalized spacial score (nSPS) is 11.1. The van der Waals surface area contributed by atoms with Crippen molar-refractivity contribution in [1.82, 2.24) is 4.72 Å². The number of carbonyl (C=O) groups is 1. The highest BCUT2D eigenvalue weighted by molar-refractivity contribution is 7.98. The maximum atomic E-state index is 12.0. The highest BCUT2D eigenvalue weighted by Crippen LogP contribution is 2.33. The van der Waals surface area contributed by atoms with E-state index in [-0.39, 0.29) is 5.02 Å². The number of alkyl halides is 3. The molecule has 0 aromatic heterocycles. The van der Waals surface area contributed by atoms with Crippen LogP contribution in [0.2, 0.25) is 5.02 Å². The van der Waals surface area contributed by atoms with Crippen LogP contribution in [0.4, 0.5) is 18.0 Å². The first-order chi connectivity index (χ1) is 7.78. The van der Waals surface area contributed by atoms with Gasteiger partial charge in [0.15, 0.2) is 0 Å². The minimum Gasteiger partial charge on any atom is -0.404 e. The molecule has 9 heteroatoms. The molecule has 1 rings (SSSR count). The van der Waals surface area contributed by atoms with Crippen LogP contribution in [0.25, 0.3) is 0 Å². The number of nitrogens with two attached hydrogens (primary N) is 1. The molecule has 0 spiro atoms. The molecule has 2 amide bonds. The number of hydrogen-bond acceptors (Lipinski definition) is 3. The van der Waals surface area contributed by atoms with Crippen molar-refractivity contribution >= 4 is 29.6 Å². The van der Waals surface area contributed by atoms with Crippen LogP contribution in [0.15, 0.2) is 23.1 Å². The van der Waals surface area contributed by atoms with Crippen LogP contribution in [-0.2, 0) is 0 Å². The van der Waals surface area contributed by atoms with E-state index in [1.165, 1.54) is 12.1 Å². The summed E-state index contributed by atoms with van der Waals surface area (Å²) in [6, 6.07) is 2.85. The van der Waals surface area contributed by atoms with Crippen LogP contribution in [0.5, 0.6) is 5.75 Å². The molecule has 4 nitrogen and oxygen atoms in total. The van der Waals surface area contributed by atoms with Gasteiger partial charge >= 0.3 is 12.4 Å². The van der Waals surface area contributed by atoms with E-state index in [9.17, 15) is 18.0 Å². The van der Waals surface area contributed by atoms with E-state index in [0.717, 1.165) is 18.0 Å². The number of halogens is 4. The van der Waals surface area contributed by atoms with Crippen LogP contribution in [0.3, 0.4) is 0 Å². The SMILES string of the molecule is NC(=O)NSc1ccc(Cl)c(OC(F)(F)F)c1.